The van der Waals surface area contributed by atoms with Gasteiger partial charge in [0.1, 0.15) is 11.8 Å². The molecule has 0 spiro atoms. The van der Waals surface area contributed by atoms with E-state index in [1.807, 2.05) is 0 Å². The molecule has 8 nitrogen and oxygen atoms in total. The molecule has 8 heteroatoms. The van der Waals surface area contributed by atoms with Crippen LogP contribution in [0.25, 0.3) is 0 Å². The summed E-state index contributed by atoms with van der Waals surface area (Å²) in [6.07, 6.45) is 2.50. The van der Waals surface area contributed by atoms with Crippen molar-refractivity contribution >= 4 is 11.7 Å². The number of aromatic nitrogens is 2. The van der Waals surface area contributed by atoms with E-state index < -0.39 is 16.6 Å². The molecule has 0 saturated heterocycles. The molecule has 2 heterocycles. The summed E-state index contributed by atoms with van der Waals surface area (Å²) in [7, 11) is 0. The van der Waals surface area contributed by atoms with Crippen molar-refractivity contribution in [3.8, 4) is 11.6 Å². The van der Waals surface area contributed by atoms with Crippen LogP contribution >= 0.6 is 0 Å². The fraction of sp³-hybridized carbons (Fsp3) is 0.0833. The molecular formula is C12H9N3O5. The van der Waals surface area contributed by atoms with E-state index in [0.29, 0.717) is 11.4 Å². The van der Waals surface area contributed by atoms with Crippen LogP contribution in [-0.4, -0.2) is 26.0 Å². The second-order valence-corrected chi connectivity index (χ2v) is 3.80. The summed E-state index contributed by atoms with van der Waals surface area (Å²) in [4.78, 5) is 28.7. The Balaban J connectivity index is 2.44. The van der Waals surface area contributed by atoms with E-state index in [1.165, 1.54) is 0 Å². The van der Waals surface area contributed by atoms with E-state index in [4.69, 9.17) is 9.84 Å². The molecule has 0 aliphatic heterocycles. The molecule has 1 N–H and O–H groups in total. The Morgan fingerprint density at radius 2 is 2.20 bits per heavy atom. The Kier molecular flexibility index (Phi) is 3.56. The molecule has 2 aromatic heterocycles. The smallest absolute Gasteiger partial charge is 0.341 e. The maximum atomic E-state index is 11.1. The quantitative estimate of drug-likeness (QED) is 0.671. The van der Waals surface area contributed by atoms with Crippen LogP contribution in [0.15, 0.2) is 30.6 Å². The normalized spacial score (nSPS) is 10.1. The van der Waals surface area contributed by atoms with Gasteiger partial charge in [-0.3, -0.25) is 15.1 Å². The van der Waals surface area contributed by atoms with Crippen molar-refractivity contribution in [2.24, 2.45) is 0 Å². The molecule has 102 valence electrons. The van der Waals surface area contributed by atoms with Crippen molar-refractivity contribution in [1.29, 1.82) is 0 Å². The van der Waals surface area contributed by atoms with Gasteiger partial charge < -0.3 is 9.84 Å². The van der Waals surface area contributed by atoms with Crippen LogP contribution in [0.1, 0.15) is 16.1 Å². The number of carboxylic acid groups (broad SMARTS) is 1. The van der Waals surface area contributed by atoms with E-state index in [9.17, 15) is 14.9 Å². The van der Waals surface area contributed by atoms with Crippen molar-refractivity contribution in [2.75, 3.05) is 0 Å². The summed E-state index contributed by atoms with van der Waals surface area (Å²) in [6.45, 7) is 1.68. The lowest BCUT2D eigenvalue weighted by Crippen LogP contribution is -2.04. The lowest BCUT2D eigenvalue weighted by atomic mass is 10.2. The van der Waals surface area contributed by atoms with Crippen LogP contribution in [0, 0.1) is 17.0 Å². The summed E-state index contributed by atoms with van der Waals surface area (Å²) >= 11 is 0. The highest BCUT2D eigenvalue weighted by molar-refractivity contribution is 5.91. The second kappa shape index (κ2) is 5.31. The first-order valence-corrected chi connectivity index (χ1v) is 5.46. The Hall–Kier alpha value is -3.03. The first kappa shape index (κ1) is 13.4. The van der Waals surface area contributed by atoms with Crippen LogP contribution in [0.2, 0.25) is 0 Å². The number of hydrogen-bond donors (Lipinski definition) is 1. The third kappa shape index (κ3) is 2.69. The number of carbonyl (C=O) groups is 1. The van der Waals surface area contributed by atoms with Crippen molar-refractivity contribution in [1.82, 2.24) is 9.97 Å². The Morgan fingerprint density at radius 3 is 2.80 bits per heavy atom. The topological polar surface area (TPSA) is 115 Å². The van der Waals surface area contributed by atoms with Crippen LogP contribution in [0.4, 0.5) is 5.69 Å². The zero-order valence-corrected chi connectivity index (χ0v) is 10.3. The lowest BCUT2D eigenvalue weighted by Gasteiger charge is -2.08. The van der Waals surface area contributed by atoms with E-state index in [2.05, 4.69) is 9.97 Å². The zero-order valence-electron chi connectivity index (χ0n) is 10.3. The van der Waals surface area contributed by atoms with Crippen molar-refractivity contribution in [3.05, 3.63) is 52.0 Å². The Morgan fingerprint density at radius 1 is 1.45 bits per heavy atom. The molecule has 0 fully saturated rings. The van der Waals surface area contributed by atoms with Crippen molar-refractivity contribution < 1.29 is 19.6 Å². The van der Waals surface area contributed by atoms with Gasteiger partial charge in [0.05, 0.1) is 10.6 Å². The number of aromatic carboxylic acids is 1. The van der Waals surface area contributed by atoms with Gasteiger partial charge in [-0.15, -0.1) is 0 Å². The number of hydrogen-bond acceptors (Lipinski definition) is 6. The maximum absolute atomic E-state index is 11.1. The summed E-state index contributed by atoms with van der Waals surface area (Å²) in [5, 5.41) is 19.7. The SMILES string of the molecule is Cc1ncccc1Oc1ncc([N+](=O)[O-])cc1C(=O)O. The van der Waals surface area contributed by atoms with Crippen LogP contribution in [-0.2, 0) is 0 Å². The molecule has 0 radical (unpaired) electrons. The molecule has 20 heavy (non-hydrogen) atoms. The molecule has 0 unspecified atom stereocenters. The minimum atomic E-state index is -1.36. The summed E-state index contributed by atoms with van der Waals surface area (Å²) in [5.41, 5.74) is -0.260. The van der Waals surface area contributed by atoms with Crippen molar-refractivity contribution in [2.45, 2.75) is 6.92 Å². The Bertz CT molecular complexity index is 687. The summed E-state index contributed by atoms with van der Waals surface area (Å²) in [5.74, 6) is -1.26. The minimum absolute atomic E-state index is 0.223. The zero-order chi connectivity index (χ0) is 14.7. The molecule has 2 aromatic rings. The number of carboxylic acids is 1. The van der Waals surface area contributed by atoms with E-state index in [1.54, 1.807) is 25.3 Å². The first-order valence-electron chi connectivity index (χ1n) is 5.46. The molecule has 0 saturated carbocycles. The predicted octanol–water partition coefficient (Wildman–Crippen LogP) is 2.18. The second-order valence-electron chi connectivity index (χ2n) is 3.80. The molecule has 0 amide bonds. The van der Waals surface area contributed by atoms with Gasteiger partial charge in [0, 0.05) is 12.3 Å². The van der Waals surface area contributed by atoms with Gasteiger partial charge in [-0.05, 0) is 19.1 Å². The fourth-order valence-electron chi connectivity index (χ4n) is 1.46. The van der Waals surface area contributed by atoms with Crippen LogP contribution < -0.4 is 4.74 Å². The molecule has 0 atom stereocenters. The highest BCUT2D eigenvalue weighted by Gasteiger charge is 2.19. The highest BCUT2D eigenvalue weighted by Crippen LogP contribution is 2.27. The average Bonchev–Trinajstić information content (AvgIpc) is 2.41. The average molecular weight is 275 g/mol. The maximum Gasteiger partial charge on any atom is 0.341 e. The van der Waals surface area contributed by atoms with Gasteiger partial charge in [-0.25, -0.2) is 9.78 Å². The van der Waals surface area contributed by atoms with Gasteiger partial charge in [0.2, 0.25) is 5.88 Å². The number of pyridine rings is 2. The van der Waals surface area contributed by atoms with E-state index >= 15 is 0 Å². The monoisotopic (exact) mass is 275 g/mol. The number of nitro groups is 1. The first-order chi connectivity index (χ1) is 9.49. The Labute approximate surface area is 112 Å². The molecule has 0 bridgehead atoms. The number of ether oxygens (including phenoxy) is 1. The molecule has 2 rings (SSSR count). The largest absolute Gasteiger partial charge is 0.477 e. The third-order valence-corrected chi connectivity index (χ3v) is 2.44. The number of rotatable bonds is 4. The van der Waals surface area contributed by atoms with Gasteiger partial charge in [-0.1, -0.05) is 0 Å². The third-order valence-electron chi connectivity index (χ3n) is 2.44. The summed E-state index contributed by atoms with van der Waals surface area (Å²) in [6, 6.07) is 4.11. The highest BCUT2D eigenvalue weighted by atomic mass is 16.6. The molecular weight excluding hydrogens is 266 g/mol. The predicted molar refractivity (Wildman–Crippen MR) is 66.9 cm³/mol. The lowest BCUT2D eigenvalue weighted by molar-refractivity contribution is -0.385. The standard InChI is InChI=1S/C12H9N3O5/c1-7-10(3-2-4-13-7)20-11-9(12(16)17)5-8(6-14-11)15(18)19/h2-6H,1H3,(H,16,17). The van der Waals surface area contributed by atoms with Gasteiger partial charge >= 0.3 is 5.97 Å². The van der Waals surface area contributed by atoms with Gasteiger partial charge in [-0.2, -0.15) is 0 Å². The van der Waals surface area contributed by atoms with E-state index in [-0.39, 0.29) is 11.4 Å². The van der Waals surface area contributed by atoms with E-state index in [0.717, 1.165) is 12.3 Å². The minimum Gasteiger partial charge on any atom is -0.477 e. The van der Waals surface area contributed by atoms with Crippen LogP contribution in [0.3, 0.4) is 0 Å². The fourth-order valence-corrected chi connectivity index (χ4v) is 1.46. The van der Waals surface area contributed by atoms with Crippen molar-refractivity contribution in [3.63, 3.8) is 0 Å². The summed E-state index contributed by atoms with van der Waals surface area (Å²) < 4.78 is 5.36. The number of aryl methyl sites for hydroxylation is 1. The number of nitrogens with zero attached hydrogens (tertiary/aromatic N) is 3. The molecule has 0 aliphatic carbocycles. The van der Waals surface area contributed by atoms with Gasteiger partial charge in [0.15, 0.2) is 5.75 Å². The molecule has 0 aromatic carbocycles. The molecule has 0 aliphatic rings. The van der Waals surface area contributed by atoms with Crippen LogP contribution in [0.5, 0.6) is 11.6 Å². The van der Waals surface area contributed by atoms with Gasteiger partial charge in [0.25, 0.3) is 5.69 Å².